The number of anilines is 1. The third-order valence-corrected chi connectivity index (χ3v) is 7.31. The first kappa shape index (κ1) is 19.8. The highest BCUT2D eigenvalue weighted by molar-refractivity contribution is 7.99. The number of aryl methyl sites for hydroxylation is 2. The number of nitrogens with zero attached hydrogens (tertiary/aromatic N) is 3. The topological polar surface area (TPSA) is 67.8 Å². The number of carbonyl (C=O) groups is 1. The van der Waals surface area contributed by atoms with E-state index in [0.29, 0.717) is 5.03 Å². The molecule has 0 saturated carbocycles. The van der Waals surface area contributed by atoms with Crippen LogP contribution >= 0.6 is 34.4 Å². The van der Waals surface area contributed by atoms with Gasteiger partial charge in [-0.15, -0.1) is 32.9 Å². The van der Waals surface area contributed by atoms with E-state index in [1.54, 1.807) is 22.7 Å². The number of thioether (sulfide) groups is 1. The zero-order valence-corrected chi connectivity index (χ0v) is 18.3. The van der Waals surface area contributed by atoms with Gasteiger partial charge in [0.05, 0.1) is 21.2 Å². The maximum atomic E-state index is 12.2. The van der Waals surface area contributed by atoms with Crippen molar-refractivity contribution < 1.29 is 4.79 Å². The summed E-state index contributed by atoms with van der Waals surface area (Å²) in [4.78, 5) is 19.0. The van der Waals surface area contributed by atoms with Crippen molar-refractivity contribution in [1.82, 2.24) is 15.2 Å². The number of rotatable bonds is 6. The molecule has 0 atom stereocenters. The molecule has 29 heavy (non-hydrogen) atoms. The highest BCUT2D eigenvalue weighted by Gasteiger charge is 2.14. The molecule has 0 bridgehead atoms. The van der Waals surface area contributed by atoms with E-state index in [9.17, 15) is 4.79 Å². The van der Waals surface area contributed by atoms with Crippen molar-refractivity contribution >= 4 is 46.0 Å². The average Bonchev–Trinajstić information content (AvgIpc) is 3.38. The monoisotopic (exact) mass is 438 g/mol. The third kappa shape index (κ3) is 4.72. The molecule has 1 N–H and O–H groups in total. The highest BCUT2D eigenvalue weighted by Crippen LogP contribution is 2.36. The zero-order valence-electron chi connectivity index (χ0n) is 15.9. The Morgan fingerprint density at radius 3 is 2.66 bits per heavy atom. The van der Waals surface area contributed by atoms with Gasteiger partial charge < -0.3 is 5.32 Å². The Balaban J connectivity index is 1.40. The Morgan fingerprint density at radius 1 is 1.07 bits per heavy atom. The number of hydrogen-bond donors (Lipinski definition) is 1. The van der Waals surface area contributed by atoms with Gasteiger partial charge in [-0.05, 0) is 49.1 Å². The van der Waals surface area contributed by atoms with Crippen LogP contribution in [0.5, 0.6) is 0 Å². The summed E-state index contributed by atoms with van der Waals surface area (Å²) in [6.45, 7) is 3.96. The summed E-state index contributed by atoms with van der Waals surface area (Å²) in [5.74, 6) is 0.221. The first-order valence-corrected chi connectivity index (χ1v) is 11.6. The number of carbonyl (C=O) groups excluding carboxylic acids is 1. The van der Waals surface area contributed by atoms with Crippen molar-refractivity contribution in [2.24, 2.45) is 0 Å². The smallest absolute Gasteiger partial charge is 0.234 e. The largest absolute Gasteiger partial charge is 0.325 e. The van der Waals surface area contributed by atoms with Gasteiger partial charge in [-0.2, -0.15) is 0 Å². The average molecular weight is 439 g/mol. The molecule has 0 aliphatic carbocycles. The van der Waals surface area contributed by atoms with Crippen molar-refractivity contribution in [1.29, 1.82) is 0 Å². The van der Waals surface area contributed by atoms with Crippen molar-refractivity contribution in [3.05, 3.63) is 65.2 Å². The van der Waals surface area contributed by atoms with Gasteiger partial charge in [0.25, 0.3) is 0 Å². The van der Waals surface area contributed by atoms with Gasteiger partial charge in [0, 0.05) is 5.69 Å². The van der Waals surface area contributed by atoms with E-state index in [-0.39, 0.29) is 11.7 Å². The SMILES string of the molecule is Cc1ccccc1NC(=O)CSc1ccc(-c2sc(-c3cccs3)nc2C)nn1. The number of aromatic nitrogens is 3. The highest BCUT2D eigenvalue weighted by atomic mass is 32.2. The second-order valence-corrected chi connectivity index (χ2v) is 9.26. The summed E-state index contributed by atoms with van der Waals surface area (Å²) in [6.07, 6.45) is 0. The molecule has 0 unspecified atom stereocenters. The van der Waals surface area contributed by atoms with E-state index in [1.807, 2.05) is 61.7 Å². The summed E-state index contributed by atoms with van der Waals surface area (Å²) in [6, 6.07) is 15.7. The molecule has 0 aliphatic heterocycles. The lowest BCUT2D eigenvalue weighted by Gasteiger charge is -2.07. The molecular formula is C21H18N4OS3. The molecular weight excluding hydrogens is 420 g/mol. The first-order valence-electron chi connectivity index (χ1n) is 8.94. The van der Waals surface area contributed by atoms with Crippen LogP contribution in [-0.4, -0.2) is 26.8 Å². The van der Waals surface area contributed by atoms with Gasteiger partial charge >= 0.3 is 0 Å². The lowest BCUT2D eigenvalue weighted by atomic mass is 10.2. The molecule has 0 fully saturated rings. The first-order chi connectivity index (χ1) is 14.1. The van der Waals surface area contributed by atoms with Crippen molar-refractivity contribution in [2.45, 2.75) is 18.9 Å². The molecule has 5 nitrogen and oxygen atoms in total. The molecule has 8 heteroatoms. The Bertz CT molecular complexity index is 1120. The zero-order chi connectivity index (χ0) is 20.2. The molecule has 0 saturated heterocycles. The number of nitrogens with one attached hydrogen (secondary N) is 1. The number of amides is 1. The number of thiazole rings is 1. The predicted octanol–water partition coefficient (Wildman–Crippen LogP) is 5.68. The molecule has 4 aromatic rings. The number of benzene rings is 1. The fraction of sp³-hybridized carbons (Fsp3) is 0.143. The van der Waals surface area contributed by atoms with E-state index >= 15 is 0 Å². The van der Waals surface area contributed by atoms with Crippen LogP contribution < -0.4 is 5.32 Å². The quantitative estimate of drug-likeness (QED) is 0.393. The summed E-state index contributed by atoms with van der Waals surface area (Å²) < 4.78 is 0. The summed E-state index contributed by atoms with van der Waals surface area (Å²) in [7, 11) is 0. The Hall–Kier alpha value is -2.55. The normalized spacial score (nSPS) is 10.8. The lowest BCUT2D eigenvalue weighted by molar-refractivity contribution is -0.113. The fourth-order valence-corrected chi connectivity index (χ4v) is 5.14. The van der Waals surface area contributed by atoms with Crippen LogP contribution in [0.4, 0.5) is 5.69 Å². The molecule has 3 heterocycles. The summed E-state index contributed by atoms with van der Waals surface area (Å²) in [5, 5.41) is 15.3. The maximum absolute atomic E-state index is 12.2. The fourth-order valence-electron chi connectivity index (χ4n) is 2.70. The molecule has 4 rings (SSSR count). The van der Waals surface area contributed by atoms with Crippen LogP contribution in [0.2, 0.25) is 0 Å². The maximum Gasteiger partial charge on any atom is 0.234 e. The van der Waals surface area contributed by atoms with E-state index < -0.39 is 0 Å². The molecule has 0 aliphatic rings. The minimum Gasteiger partial charge on any atom is -0.325 e. The summed E-state index contributed by atoms with van der Waals surface area (Å²) in [5.41, 5.74) is 3.63. The van der Waals surface area contributed by atoms with E-state index in [2.05, 4.69) is 26.6 Å². The van der Waals surface area contributed by atoms with Gasteiger partial charge in [0.2, 0.25) is 5.91 Å². The minimum absolute atomic E-state index is 0.0610. The van der Waals surface area contributed by atoms with Gasteiger partial charge in [-0.25, -0.2) is 4.98 Å². The molecule has 0 radical (unpaired) electrons. The van der Waals surface area contributed by atoms with Gasteiger partial charge in [0.15, 0.2) is 0 Å². The van der Waals surface area contributed by atoms with Crippen molar-refractivity contribution in [3.63, 3.8) is 0 Å². The Kier molecular flexibility index (Phi) is 6.03. The molecule has 146 valence electrons. The van der Waals surface area contributed by atoms with Gasteiger partial charge in [0.1, 0.15) is 15.7 Å². The Morgan fingerprint density at radius 2 is 1.93 bits per heavy atom. The van der Waals surface area contributed by atoms with Crippen LogP contribution in [0.15, 0.2) is 58.9 Å². The second-order valence-electron chi connectivity index (χ2n) is 6.32. The third-order valence-electron chi connectivity index (χ3n) is 4.17. The Labute approximate surface area is 181 Å². The van der Waals surface area contributed by atoms with Gasteiger partial charge in [-0.1, -0.05) is 36.0 Å². The van der Waals surface area contributed by atoms with Crippen LogP contribution in [0, 0.1) is 13.8 Å². The van der Waals surface area contributed by atoms with Crippen LogP contribution in [0.3, 0.4) is 0 Å². The predicted molar refractivity (Wildman–Crippen MR) is 122 cm³/mol. The molecule has 1 amide bonds. The number of thiophene rings is 1. The lowest BCUT2D eigenvalue weighted by Crippen LogP contribution is -2.14. The van der Waals surface area contributed by atoms with E-state index in [4.69, 9.17) is 0 Å². The summed E-state index contributed by atoms with van der Waals surface area (Å²) >= 11 is 4.67. The standard InChI is InChI=1S/C21H18N4OS3/c1-13-6-3-4-7-15(13)23-18(26)12-28-19-10-9-16(24-25-19)20-14(2)22-21(29-20)17-8-5-11-27-17/h3-11H,12H2,1-2H3,(H,23,26). The molecule has 0 spiro atoms. The van der Waals surface area contributed by atoms with Gasteiger partial charge in [-0.3, -0.25) is 4.79 Å². The molecule has 1 aromatic carbocycles. The van der Waals surface area contributed by atoms with Crippen LogP contribution in [0.1, 0.15) is 11.3 Å². The van der Waals surface area contributed by atoms with E-state index in [0.717, 1.165) is 37.4 Å². The minimum atomic E-state index is -0.0610. The second kappa shape index (κ2) is 8.86. The van der Waals surface area contributed by atoms with E-state index in [1.165, 1.54) is 11.8 Å². The van der Waals surface area contributed by atoms with Crippen LogP contribution in [-0.2, 0) is 4.79 Å². The van der Waals surface area contributed by atoms with Crippen molar-refractivity contribution in [2.75, 3.05) is 11.1 Å². The van der Waals surface area contributed by atoms with Crippen LogP contribution in [0.25, 0.3) is 20.5 Å². The number of para-hydroxylation sites is 1. The number of hydrogen-bond acceptors (Lipinski definition) is 7. The van der Waals surface area contributed by atoms with Crippen molar-refractivity contribution in [3.8, 4) is 20.5 Å². The molecule has 3 aromatic heterocycles.